The van der Waals surface area contributed by atoms with Gasteiger partial charge in [-0.2, -0.15) is 13.2 Å². The lowest BCUT2D eigenvalue weighted by molar-refractivity contribution is -0.138. The Labute approximate surface area is 252 Å². The maximum atomic E-state index is 15.0. The fraction of sp³-hybridized carbons (Fsp3) is 0.484. The Hall–Kier alpha value is -3.71. The van der Waals surface area contributed by atoms with Crippen molar-refractivity contribution in [3.05, 3.63) is 59.7 Å². The van der Waals surface area contributed by atoms with Gasteiger partial charge in [-0.1, -0.05) is 12.5 Å². The molecule has 0 bridgehead atoms. The molecule has 8 nitrogen and oxygen atoms in total. The van der Waals surface area contributed by atoms with Crippen molar-refractivity contribution in [2.24, 2.45) is 0 Å². The van der Waals surface area contributed by atoms with Crippen molar-refractivity contribution in [2.45, 2.75) is 77.7 Å². The number of pyridine rings is 1. The number of fused-ring (bicyclic) bond motifs is 1. The van der Waals surface area contributed by atoms with E-state index in [2.05, 4.69) is 30.2 Å². The van der Waals surface area contributed by atoms with Crippen LogP contribution in [0.1, 0.15) is 63.9 Å². The van der Waals surface area contributed by atoms with Gasteiger partial charge in [-0.15, -0.1) is 0 Å². The quantitative estimate of drug-likeness (QED) is 0.146. The number of nitrogens with zero attached hydrogens (tertiary/aromatic N) is 6. The third kappa shape index (κ3) is 7.49. The van der Waals surface area contributed by atoms with Crippen LogP contribution < -0.4 is 5.32 Å². The Morgan fingerprint density at radius 2 is 1.84 bits per heavy atom. The minimum absolute atomic E-state index is 0.0283. The second kappa shape index (κ2) is 12.7. The van der Waals surface area contributed by atoms with E-state index in [1.807, 2.05) is 31.4 Å². The number of morpholine rings is 1. The van der Waals surface area contributed by atoms with E-state index < -0.39 is 29.8 Å². The average molecular weight is 618 g/mol. The summed E-state index contributed by atoms with van der Waals surface area (Å²) in [6.07, 6.45) is -1.07. The van der Waals surface area contributed by atoms with Crippen LogP contribution in [0.25, 0.3) is 22.3 Å². The first-order chi connectivity index (χ1) is 20.8. The summed E-state index contributed by atoms with van der Waals surface area (Å²) in [5.41, 5.74) is 1.43. The molecule has 5 rings (SSSR count). The third-order valence-electron chi connectivity index (χ3n) is 7.76. The number of anilines is 2. The normalized spacial score (nSPS) is 18.0. The molecular weight excluding hydrogens is 581 g/mol. The highest BCUT2D eigenvalue weighted by molar-refractivity contribution is 5.83. The molecule has 1 N–H and O–H groups in total. The number of nitrogens with one attached hydrogen (secondary N) is 1. The van der Waals surface area contributed by atoms with Gasteiger partial charge in [0.05, 0.1) is 23.9 Å². The van der Waals surface area contributed by atoms with Crippen LogP contribution in [0.5, 0.6) is 0 Å². The monoisotopic (exact) mass is 617 g/mol. The Bertz CT molecular complexity index is 1610. The topological polar surface area (TPSA) is 81.0 Å². The lowest BCUT2D eigenvalue weighted by Gasteiger charge is -2.40. The van der Waals surface area contributed by atoms with E-state index in [1.165, 1.54) is 6.07 Å². The summed E-state index contributed by atoms with van der Waals surface area (Å²) in [6, 6.07) is 6.59. The fourth-order valence-electron chi connectivity index (χ4n) is 5.78. The maximum Gasteiger partial charge on any atom is 0.389 e. The van der Waals surface area contributed by atoms with E-state index in [1.54, 1.807) is 25.3 Å². The first kappa shape index (κ1) is 31.7. The van der Waals surface area contributed by atoms with Crippen LogP contribution >= 0.6 is 0 Å². The number of unbranched alkanes of at least 4 members (excludes halogenated alkanes) is 1. The molecule has 1 aliphatic rings. The molecule has 3 aromatic heterocycles. The third-order valence-corrected chi connectivity index (χ3v) is 7.76. The molecule has 4 heterocycles. The minimum atomic E-state index is -4.13. The van der Waals surface area contributed by atoms with Crippen molar-refractivity contribution in [1.29, 1.82) is 0 Å². The van der Waals surface area contributed by atoms with Crippen LogP contribution in [0, 0.1) is 18.6 Å². The Morgan fingerprint density at radius 3 is 2.55 bits per heavy atom. The number of aryl methyl sites for hydroxylation is 1. The molecule has 0 unspecified atom stereocenters. The molecule has 0 amide bonds. The smallest absolute Gasteiger partial charge is 0.373 e. The van der Waals surface area contributed by atoms with Gasteiger partial charge in [-0.25, -0.2) is 28.7 Å². The number of hydrogen-bond donors (Lipinski definition) is 1. The Morgan fingerprint density at radius 1 is 1.05 bits per heavy atom. The van der Waals surface area contributed by atoms with Crippen molar-refractivity contribution in [1.82, 2.24) is 29.4 Å². The maximum absolute atomic E-state index is 15.0. The predicted molar refractivity (Wildman–Crippen MR) is 157 cm³/mol. The summed E-state index contributed by atoms with van der Waals surface area (Å²) in [5, 5.41) is 2.98. The highest BCUT2D eigenvalue weighted by atomic mass is 19.4. The Balaban J connectivity index is 1.24. The summed E-state index contributed by atoms with van der Waals surface area (Å²) >= 11 is 0. The van der Waals surface area contributed by atoms with E-state index in [-0.39, 0.29) is 35.2 Å². The number of ether oxygens (including phenoxy) is 1. The highest BCUT2D eigenvalue weighted by Crippen LogP contribution is 2.31. The SMILES string of the molecule is Cc1nc2c(F)cc(-c3nc(Nc4ccc(CN5CCO[C@](C)(CCCCC(F)(F)F)C5)cn4)ncc3F)cc2n1C(C)C. The lowest BCUT2D eigenvalue weighted by atomic mass is 9.95. The highest BCUT2D eigenvalue weighted by Gasteiger charge is 2.33. The van der Waals surface area contributed by atoms with Gasteiger partial charge in [0.1, 0.15) is 22.9 Å². The zero-order valence-corrected chi connectivity index (χ0v) is 25.2. The summed E-state index contributed by atoms with van der Waals surface area (Å²) in [4.78, 5) is 19.4. The lowest BCUT2D eigenvalue weighted by Crippen LogP contribution is -2.49. The largest absolute Gasteiger partial charge is 0.389 e. The fourth-order valence-corrected chi connectivity index (χ4v) is 5.78. The summed E-state index contributed by atoms with van der Waals surface area (Å²) in [5.74, 6) is -0.0497. The molecule has 4 aromatic rings. The van der Waals surface area contributed by atoms with Crippen molar-refractivity contribution < 1.29 is 26.7 Å². The molecule has 0 aliphatic carbocycles. The molecule has 13 heteroatoms. The van der Waals surface area contributed by atoms with Gasteiger partial charge < -0.3 is 14.6 Å². The summed E-state index contributed by atoms with van der Waals surface area (Å²) < 4.78 is 75.2. The predicted octanol–water partition coefficient (Wildman–Crippen LogP) is 7.51. The van der Waals surface area contributed by atoms with E-state index in [4.69, 9.17) is 4.74 Å². The second-order valence-corrected chi connectivity index (χ2v) is 11.8. The number of benzene rings is 1. The number of aromatic nitrogens is 5. The molecule has 0 spiro atoms. The molecule has 1 saturated heterocycles. The second-order valence-electron chi connectivity index (χ2n) is 11.8. The zero-order chi connectivity index (χ0) is 31.6. The van der Waals surface area contributed by atoms with Crippen LogP contribution in [0.4, 0.5) is 33.7 Å². The van der Waals surface area contributed by atoms with Crippen molar-refractivity contribution in [2.75, 3.05) is 25.0 Å². The van der Waals surface area contributed by atoms with Crippen molar-refractivity contribution in [3.8, 4) is 11.3 Å². The average Bonchev–Trinajstić information content (AvgIpc) is 3.29. The number of rotatable bonds is 10. The van der Waals surface area contributed by atoms with Crippen LogP contribution in [0.2, 0.25) is 0 Å². The molecule has 236 valence electrons. The van der Waals surface area contributed by atoms with Crippen molar-refractivity contribution >= 4 is 22.8 Å². The van der Waals surface area contributed by atoms with Gasteiger partial charge in [0.15, 0.2) is 11.6 Å². The molecule has 0 saturated carbocycles. The number of hydrogen-bond acceptors (Lipinski definition) is 7. The molecule has 1 aromatic carbocycles. The molecule has 44 heavy (non-hydrogen) atoms. The van der Waals surface area contributed by atoms with E-state index in [0.29, 0.717) is 56.2 Å². The van der Waals surface area contributed by atoms with E-state index in [0.717, 1.165) is 11.8 Å². The van der Waals surface area contributed by atoms with Gasteiger partial charge in [-0.3, -0.25) is 4.90 Å². The molecule has 1 aliphatic heterocycles. The zero-order valence-electron chi connectivity index (χ0n) is 25.2. The molecule has 0 radical (unpaired) electrons. The molecule has 1 fully saturated rings. The minimum Gasteiger partial charge on any atom is -0.373 e. The van der Waals surface area contributed by atoms with Gasteiger partial charge in [0.25, 0.3) is 0 Å². The van der Waals surface area contributed by atoms with Gasteiger partial charge in [0.2, 0.25) is 5.95 Å². The van der Waals surface area contributed by atoms with E-state index >= 15 is 4.39 Å². The van der Waals surface area contributed by atoms with Crippen molar-refractivity contribution in [3.63, 3.8) is 0 Å². The van der Waals surface area contributed by atoms with Gasteiger partial charge in [-0.05, 0) is 64.3 Å². The first-order valence-corrected chi connectivity index (χ1v) is 14.7. The van der Waals surface area contributed by atoms with Gasteiger partial charge in [0, 0.05) is 43.9 Å². The van der Waals surface area contributed by atoms with Crippen LogP contribution in [0.3, 0.4) is 0 Å². The van der Waals surface area contributed by atoms with Crippen LogP contribution in [-0.4, -0.2) is 60.9 Å². The number of alkyl halides is 3. The Kier molecular flexibility index (Phi) is 9.17. The summed E-state index contributed by atoms with van der Waals surface area (Å²) in [6.45, 7) is 10.1. The van der Waals surface area contributed by atoms with Crippen LogP contribution in [-0.2, 0) is 11.3 Å². The summed E-state index contributed by atoms with van der Waals surface area (Å²) in [7, 11) is 0. The number of halogens is 5. The molecule has 1 atom stereocenters. The molecular formula is C31H36F5N7O. The standard InChI is InChI=1S/C31H36F5N7O/c1-19(2)43-20(3)39-28-23(32)13-22(14-25(28)43)27-24(33)16-38-29(41-27)40-26-8-7-21(15-37-26)17-42-11-12-44-30(4,18-42)9-5-6-10-31(34,35)36/h7-8,13-16,19H,5-6,9-12,17-18H2,1-4H3,(H,37,38,40,41)/t30-/m1/s1. The first-order valence-electron chi connectivity index (χ1n) is 14.7. The van der Waals surface area contributed by atoms with E-state index in [9.17, 15) is 17.6 Å². The van der Waals surface area contributed by atoms with Gasteiger partial charge >= 0.3 is 6.18 Å². The number of imidazole rings is 1. The van der Waals surface area contributed by atoms with Crippen LogP contribution in [0.15, 0.2) is 36.7 Å².